The highest BCUT2D eigenvalue weighted by Crippen LogP contribution is 2.35. The van der Waals surface area contributed by atoms with Gasteiger partial charge in [-0.1, -0.05) is 25.1 Å². The Balaban J connectivity index is 1.58. The molecule has 3 heterocycles. The normalized spacial score (nSPS) is 24.0. The van der Waals surface area contributed by atoms with Crippen LogP contribution in [0.15, 0.2) is 35.5 Å². The van der Waals surface area contributed by atoms with Crippen molar-refractivity contribution >= 4 is 23.0 Å². The average molecular weight is 379 g/mol. The van der Waals surface area contributed by atoms with Crippen LogP contribution in [0.2, 0.25) is 0 Å². The van der Waals surface area contributed by atoms with Crippen molar-refractivity contribution in [2.75, 3.05) is 40.3 Å². The second-order valence-corrected chi connectivity index (χ2v) is 8.66. The quantitative estimate of drug-likeness (QED) is 0.768. The number of aliphatic imine (C=N–C) groups is 1. The Morgan fingerprint density at radius 2 is 2.07 bits per heavy atom. The lowest BCUT2D eigenvalue weighted by Gasteiger charge is -2.40. The van der Waals surface area contributed by atoms with Crippen LogP contribution in [0.25, 0.3) is 10.9 Å². The summed E-state index contributed by atoms with van der Waals surface area (Å²) in [6.07, 6.45) is 5.52. The minimum atomic E-state index is 0.326. The van der Waals surface area contributed by atoms with Crippen molar-refractivity contribution in [2.24, 2.45) is 16.8 Å². The molecule has 0 bridgehead atoms. The number of piperidine rings is 1. The summed E-state index contributed by atoms with van der Waals surface area (Å²) in [6, 6.07) is 8.49. The number of nitrogens with zero attached hydrogens (tertiary/aromatic N) is 4. The van der Waals surface area contributed by atoms with Crippen molar-refractivity contribution in [1.82, 2.24) is 14.8 Å². The summed E-state index contributed by atoms with van der Waals surface area (Å²) in [5, 5.41) is 1.19. The minimum Gasteiger partial charge on any atom is -0.342 e. The summed E-state index contributed by atoms with van der Waals surface area (Å²) in [5.41, 5.74) is 3.36. The van der Waals surface area contributed by atoms with Gasteiger partial charge in [0.25, 0.3) is 0 Å². The summed E-state index contributed by atoms with van der Waals surface area (Å²) >= 11 is 0. The molecular weight excluding hydrogens is 348 g/mol. The molecule has 2 aromatic rings. The molecule has 0 radical (unpaired) electrons. The molecule has 1 aromatic heterocycles. The Kier molecular flexibility index (Phi) is 5.44. The number of rotatable bonds is 4. The van der Waals surface area contributed by atoms with E-state index < -0.39 is 0 Å². The molecule has 5 nitrogen and oxygen atoms in total. The largest absolute Gasteiger partial charge is 0.342 e. The van der Waals surface area contributed by atoms with Crippen LogP contribution >= 0.6 is 0 Å². The maximum absolute atomic E-state index is 12.9. The van der Waals surface area contributed by atoms with Crippen LogP contribution in [0.1, 0.15) is 36.8 Å². The van der Waals surface area contributed by atoms with Crippen LogP contribution in [0.3, 0.4) is 0 Å². The summed E-state index contributed by atoms with van der Waals surface area (Å²) in [6.45, 7) is 6.07. The third kappa shape index (κ3) is 3.81. The number of benzene rings is 1. The van der Waals surface area contributed by atoms with Crippen molar-refractivity contribution in [2.45, 2.75) is 25.7 Å². The van der Waals surface area contributed by atoms with Gasteiger partial charge in [-0.05, 0) is 36.9 Å². The lowest BCUT2D eigenvalue weighted by Crippen LogP contribution is -2.48. The Bertz CT molecular complexity index is 887. The number of carbonyl (C=O) groups is 1. The molecule has 5 heteroatoms. The zero-order valence-electron chi connectivity index (χ0n) is 17.1. The van der Waals surface area contributed by atoms with Crippen molar-refractivity contribution in [3.05, 3.63) is 41.6 Å². The standard InChI is InChI=1S/C23H30N4O/c1-16-9-19(15-27(12-16)22(28)10-17-13-26(3)14-17)20-7-6-18(11-24-2)23-21(20)5-4-8-25-23/h4-8,11,16-17,19H,9-10,12-15H2,1-3H3/b24-11-/t16-,19+/m1/s1. The number of pyridine rings is 1. The van der Waals surface area contributed by atoms with Crippen LogP contribution in [0.4, 0.5) is 0 Å². The second-order valence-electron chi connectivity index (χ2n) is 8.66. The Morgan fingerprint density at radius 3 is 2.82 bits per heavy atom. The van der Waals surface area contributed by atoms with Crippen LogP contribution in [0, 0.1) is 11.8 Å². The second kappa shape index (κ2) is 8.00. The van der Waals surface area contributed by atoms with E-state index in [0.29, 0.717) is 30.1 Å². The first-order valence-electron chi connectivity index (χ1n) is 10.3. The third-order valence-electron chi connectivity index (χ3n) is 6.16. The van der Waals surface area contributed by atoms with Crippen molar-refractivity contribution in [1.29, 1.82) is 0 Å². The van der Waals surface area contributed by atoms with Gasteiger partial charge in [0.1, 0.15) is 0 Å². The molecule has 1 amide bonds. The summed E-state index contributed by atoms with van der Waals surface area (Å²) in [7, 11) is 3.90. The van der Waals surface area contributed by atoms with Gasteiger partial charge in [0.05, 0.1) is 5.52 Å². The Labute approximate surface area is 167 Å². The molecule has 2 saturated heterocycles. The lowest BCUT2D eigenvalue weighted by atomic mass is 9.83. The van der Waals surface area contributed by atoms with Crippen LogP contribution < -0.4 is 0 Å². The number of fused-ring (bicyclic) bond motifs is 1. The van der Waals surface area contributed by atoms with E-state index in [1.807, 2.05) is 18.5 Å². The van der Waals surface area contributed by atoms with E-state index in [-0.39, 0.29) is 0 Å². The zero-order valence-corrected chi connectivity index (χ0v) is 17.1. The van der Waals surface area contributed by atoms with Gasteiger partial charge in [0.15, 0.2) is 0 Å². The Hall–Kier alpha value is -2.27. The smallest absolute Gasteiger partial charge is 0.222 e. The predicted octanol–water partition coefficient (Wildman–Crippen LogP) is 3.19. The minimum absolute atomic E-state index is 0.326. The molecule has 1 aromatic carbocycles. The topological polar surface area (TPSA) is 48.8 Å². The molecule has 0 spiro atoms. The third-order valence-corrected chi connectivity index (χ3v) is 6.16. The number of amides is 1. The van der Waals surface area contributed by atoms with Gasteiger partial charge in [-0.15, -0.1) is 0 Å². The van der Waals surface area contributed by atoms with Crippen LogP contribution in [-0.2, 0) is 4.79 Å². The fourth-order valence-electron chi connectivity index (χ4n) is 4.93. The fraction of sp³-hybridized carbons (Fsp3) is 0.522. The number of likely N-dealkylation sites (tertiary alicyclic amines) is 2. The molecule has 28 heavy (non-hydrogen) atoms. The first-order chi connectivity index (χ1) is 13.5. The Morgan fingerprint density at radius 1 is 1.25 bits per heavy atom. The fourth-order valence-corrected chi connectivity index (χ4v) is 4.93. The lowest BCUT2D eigenvalue weighted by molar-refractivity contribution is -0.135. The maximum atomic E-state index is 12.9. The number of aromatic nitrogens is 1. The van der Waals surface area contributed by atoms with E-state index in [0.717, 1.165) is 43.7 Å². The van der Waals surface area contributed by atoms with E-state index >= 15 is 0 Å². The van der Waals surface area contributed by atoms with E-state index in [4.69, 9.17) is 0 Å². The van der Waals surface area contributed by atoms with E-state index in [1.54, 1.807) is 7.05 Å². The molecule has 2 aliphatic rings. The molecule has 0 saturated carbocycles. The van der Waals surface area contributed by atoms with Gasteiger partial charge in [-0.3, -0.25) is 14.8 Å². The highest BCUT2D eigenvalue weighted by atomic mass is 16.2. The number of hydrogen-bond acceptors (Lipinski definition) is 4. The van der Waals surface area contributed by atoms with Gasteiger partial charge < -0.3 is 9.80 Å². The summed E-state index contributed by atoms with van der Waals surface area (Å²) in [4.78, 5) is 26.1. The highest BCUT2D eigenvalue weighted by molar-refractivity contribution is 5.99. The van der Waals surface area contributed by atoms with Crippen LogP contribution in [-0.4, -0.2) is 67.2 Å². The van der Waals surface area contributed by atoms with Gasteiger partial charge in [0.2, 0.25) is 5.91 Å². The van der Waals surface area contributed by atoms with E-state index in [1.165, 1.54) is 10.9 Å². The number of hydrogen-bond donors (Lipinski definition) is 0. The molecule has 2 fully saturated rings. The molecule has 2 aliphatic heterocycles. The zero-order chi connectivity index (χ0) is 19.7. The van der Waals surface area contributed by atoms with E-state index in [2.05, 4.69) is 51.9 Å². The van der Waals surface area contributed by atoms with Crippen LogP contribution in [0.5, 0.6) is 0 Å². The van der Waals surface area contributed by atoms with E-state index in [9.17, 15) is 4.79 Å². The van der Waals surface area contributed by atoms with Crippen molar-refractivity contribution in [3.8, 4) is 0 Å². The predicted molar refractivity (Wildman–Crippen MR) is 114 cm³/mol. The summed E-state index contributed by atoms with van der Waals surface area (Å²) < 4.78 is 0. The molecule has 2 atom stereocenters. The molecule has 4 rings (SSSR count). The number of carbonyl (C=O) groups excluding carboxylic acids is 1. The van der Waals surface area contributed by atoms with Gasteiger partial charge in [-0.25, -0.2) is 0 Å². The maximum Gasteiger partial charge on any atom is 0.222 e. The molecule has 0 N–H and O–H groups in total. The average Bonchev–Trinajstić information content (AvgIpc) is 2.66. The molecule has 0 unspecified atom stereocenters. The van der Waals surface area contributed by atoms with Crippen molar-refractivity contribution in [3.63, 3.8) is 0 Å². The monoisotopic (exact) mass is 378 g/mol. The molecular formula is C23H30N4O. The summed E-state index contributed by atoms with van der Waals surface area (Å²) in [5.74, 6) is 1.73. The SMILES string of the molecule is C/N=C\c1ccc([C@H]2C[C@@H](C)CN(C(=O)CC3CN(C)C3)C2)c2cccnc12. The molecule has 0 aliphatic carbocycles. The first kappa shape index (κ1) is 19.1. The highest BCUT2D eigenvalue weighted by Gasteiger charge is 2.33. The van der Waals surface area contributed by atoms with Gasteiger partial charge in [-0.2, -0.15) is 0 Å². The van der Waals surface area contributed by atoms with Gasteiger partial charge in [0, 0.05) is 68.9 Å². The van der Waals surface area contributed by atoms with Gasteiger partial charge >= 0.3 is 0 Å². The molecule has 148 valence electrons. The first-order valence-corrected chi connectivity index (χ1v) is 10.3. The van der Waals surface area contributed by atoms with Crippen molar-refractivity contribution < 1.29 is 4.79 Å².